The van der Waals surface area contributed by atoms with Gasteiger partial charge in [0.05, 0.1) is 5.69 Å². The Balaban J connectivity index is 1.22. The van der Waals surface area contributed by atoms with Crippen LogP contribution in [0.5, 0.6) is 0 Å². The van der Waals surface area contributed by atoms with Gasteiger partial charge in [-0.05, 0) is 65.4 Å². The fraction of sp³-hybridized carbons (Fsp3) is 0.250. The van der Waals surface area contributed by atoms with E-state index in [4.69, 9.17) is 5.73 Å². The van der Waals surface area contributed by atoms with E-state index < -0.39 is 6.04 Å². The number of para-hydroxylation sites is 1. The molecule has 4 N–H and O–H groups in total. The number of amides is 3. The molecule has 0 saturated carbocycles. The minimum absolute atomic E-state index is 0.0542. The van der Waals surface area contributed by atoms with Crippen LogP contribution in [0, 0.1) is 0 Å². The van der Waals surface area contributed by atoms with Crippen molar-refractivity contribution in [3.8, 4) is 0 Å². The van der Waals surface area contributed by atoms with E-state index in [9.17, 15) is 14.4 Å². The van der Waals surface area contributed by atoms with Gasteiger partial charge in [0.1, 0.15) is 6.04 Å². The lowest BCUT2D eigenvalue weighted by Gasteiger charge is -2.27. The van der Waals surface area contributed by atoms with Crippen molar-refractivity contribution >= 4 is 46.3 Å². The van der Waals surface area contributed by atoms with Crippen LogP contribution < -0.4 is 21.3 Å². The summed E-state index contributed by atoms with van der Waals surface area (Å²) in [6.07, 6.45) is 6.54. The second-order valence-electron chi connectivity index (χ2n) is 10.8. The van der Waals surface area contributed by atoms with Gasteiger partial charge in [0.25, 0.3) is 5.91 Å². The van der Waals surface area contributed by atoms with Crippen molar-refractivity contribution in [2.75, 3.05) is 24.5 Å². The minimum Gasteiger partial charge on any atom is -0.354 e. The minimum atomic E-state index is -0.697. The molecule has 3 amide bonds. The quantitative estimate of drug-likeness (QED) is 0.199. The molecule has 5 rings (SSSR count). The van der Waals surface area contributed by atoms with Crippen LogP contribution >= 0.6 is 0 Å². The average Bonchev–Trinajstić information content (AvgIpc) is 3.03. The number of rotatable bonds is 12. The molecule has 0 aliphatic carbocycles. The van der Waals surface area contributed by atoms with Gasteiger partial charge >= 0.3 is 0 Å². The molecule has 220 valence electrons. The molecule has 0 spiro atoms. The van der Waals surface area contributed by atoms with E-state index in [1.807, 2.05) is 102 Å². The van der Waals surface area contributed by atoms with Crippen molar-refractivity contribution in [3.05, 3.63) is 113 Å². The monoisotopic (exact) mass is 574 g/mol. The number of hydrogen-bond acceptors (Lipinski definition) is 4. The van der Waals surface area contributed by atoms with Gasteiger partial charge in [-0.3, -0.25) is 14.4 Å². The van der Waals surface area contributed by atoms with Gasteiger partial charge in [0.2, 0.25) is 11.8 Å². The van der Waals surface area contributed by atoms with Crippen molar-refractivity contribution in [2.45, 2.75) is 38.1 Å². The van der Waals surface area contributed by atoms with Crippen molar-refractivity contribution in [1.82, 2.24) is 10.6 Å². The van der Waals surface area contributed by atoms with Gasteiger partial charge in [0, 0.05) is 31.5 Å². The molecule has 1 atom stereocenters. The molecule has 4 aromatic rings. The number of nitrogens with one attached hydrogen (secondary N) is 2. The third kappa shape index (κ3) is 7.56. The summed E-state index contributed by atoms with van der Waals surface area (Å²) in [7, 11) is 0. The molecule has 0 unspecified atom stereocenters. The Kier molecular flexibility index (Phi) is 9.97. The number of carbonyl (C=O) groups excluding carboxylic acids is 3. The third-order valence-electron chi connectivity index (χ3n) is 7.73. The number of nitrogens with two attached hydrogens (primary N) is 1. The highest BCUT2D eigenvalue weighted by atomic mass is 16.2. The van der Waals surface area contributed by atoms with Crippen molar-refractivity contribution in [3.63, 3.8) is 0 Å². The van der Waals surface area contributed by atoms with Crippen LogP contribution in [0.25, 0.3) is 22.9 Å². The molecule has 0 aromatic heterocycles. The molecule has 4 aromatic carbocycles. The summed E-state index contributed by atoms with van der Waals surface area (Å²) in [6, 6.07) is 28.9. The Morgan fingerprint density at radius 2 is 1.51 bits per heavy atom. The zero-order valence-corrected chi connectivity index (χ0v) is 24.3. The van der Waals surface area contributed by atoms with E-state index in [1.54, 1.807) is 0 Å². The summed E-state index contributed by atoms with van der Waals surface area (Å²) in [5, 5.41) is 8.08. The van der Waals surface area contributed by atoms with Crippen molar-refractivity contribution in [2.24, 2.45) is 5.73 Å². The van der Waals surface area contributed by atoms with Gasteiger partial charge in [-0.15, -0.1) is 0 Å². The normalized spacial score (nSPS) is 13.8. The van der Waals surface area contributed by atoms with Crippen LogP contribution in [0.4, 0.5) is 5.69 Å². The zero-order valence-electron chi connectivity index (χ0n) is 24.3. The van der Waals surface area contributed by atoms with E-state index in [2.05, 4.69) is 16.7 Å². The number of anilines is 1. The number of nitrogens with zero attached hydrogens (tertiary/aromatic N) is 1. The Bertz CT molecular complexity index is 1630. The van der Waals surface area contributed by atoms with E-state index in [-0.39, 0.29) is 24.1 Å². The van der Waals surface area contributed by atoms with Gasteiger partial charge < -0.3 is 21.3 Å². The average molecular weight is 575 g/mol. The Morgan fingerprint density at radius 1 is 0.791 bits per heavy atom. The topological polar surface area (TPSA) is 105 Å². The van der Waals surface area contributed by atoms with Crippen LogP contribution in [0.15, 0.2) is 91.0 Å². The van der Waals surface area contributed by atoms with Crippen LogP contribution in [-0.4, -0.2) is 43.4 Å². The standard InChI is InChI=1S/C36H38N4O3/c37-21-9-22-38-35(42)32(25-26-17-18-27-10-1-2-13-30(27)24-26)39-34(41)16-7-8-23-40-33-15-6-4-12-29(33)20-19-28-11-3-5-14-31(28)36(40)43/h1-6,10-15,17-20,24,32H,7-9,16,21-23,25,37H2,(H,38,42)(H,39,41)/b20-19-/t32-/m1/s1. The molecule has 0 fully saturated rings. The predicted octanol–water partition coefficient (Wildman–Crippen LogP) is 5.33. The molecule has 1 aliphatic rings. The van der Waals surface area contributed by atoms with Gasteiger partial charge in [-0.25, -0.2) is 0 Å². The van der Waals surface area contributed by atoms with Crippen LogP contribution in [0.2, 0.25) is 0 Å². The van der Waals surface area contributed by atoms with Crippen LogP contribution in [-0.2, 0) is 16.0 Å². The number of fused-ring (bicyclic) bond motifs is 3. The molecule has 7 nitrogen and oxygen atoms in total. The molecule has 43 heavy (non-hydrogen) atoms. The highest BCUT2D eigenvalue weighted by Gasteiger charge is 2.24. The molecule has 1 heterocycles. The zero-order chi connectivity index (χ0) is 30.0. The Hall–Kier alpha value is -4.75. The largest absolute Gasteiger partial charge is 0.354 e. The summed E-state index contributed by atoms with van der Waals surface area (Å²) in [5.74, 6) is -0.460. The fourth-order valence-electron chi connectivity index (χ4n) is 5.44. The van der Waals surface area contributed by atoms with Gasteiger partial charge in [0.15, 0.2) is 0 Å². The molecule has 1 aliphatic heterocycles. The summed E-state index contributed by atoms with van der Waals surface area (Å²) in [5.41, 5.74) is 9.93. The highest BCUT2D eigenvalue weighted by molar-refractivity contribution is 6.11. The Labute approximate surface area is 252 Å². The molecule has 0 radical (unpaired) electrons. The van der Waals surface area contributed by atoms with E-state index in [0.717, 1.165) is 33.2 Å². The maximum absolute atomic E-state index is 13.6. The molecule has 0 bridgehead atoms. The summed E-state index contributed by atoms with van der Waals surface area (Å²) in [6.45, 7) is 1.42. The molecule has 0 saturated heterocycles. The fourth-order valence-corrected chi connectivity index (χ4v) is 5.44. The van der Waals surface area contributed by atoms with Crippen molar-refractivity contribution < 1.29 is 14.4 Å². The van der Waals surface area contributed by atoms with Gasteiger partial charge in [-0.2, -0.15) is 0 Å². The molecule has 7 heteroatoms. The maximum atomic E-state index is 13.6. The first-order valence-corrected chi connectivity index (χ1v) is 15.0. The lowest BCUT2D eigenvalue weighted by Crippen LogP contribution is -2.48. The maximum Gasteiger partial charge on any atom is 0.258 e. The van der Waals surface area contributed by atoms with Crippen LogP contribution in [0.1, 0.15) is 52.7 Å². The Morgan fingerprint density at radius 3 is 2.35 bits per heavy atom. The predicted molar refractivity (Wildman–Crippen MR) is 174 cm³/mol. The first-order chi connectivity index (χ1) is 21.0. The summed E-state index contributed by atoms with van der Waals surface area (Å²) < 4.78 is 0. The number of benzene rings is 4. The lowest BCUT2D eigenvalue weighted by atomic mass is 10.00. The first-order valence-electron chi connectivity index (χ1n) is 15.0. The smallest absolute Gasteiger partial charge is 0.258 e. The van der Waals surface area contributed by atoms with E-state index >= 15 is 0 Å². The number of unbranched alkanes of at least 4 members (excludes halogenated alkanes) is 1. The second-order valence-corrected chi connectivity index (χ2v) is 10.8. The third-order valence-corrected chi connectivity index (χ3v) is 7.73. The molecular weight excluding hydrogens is 536 g/mol. The lowest BCUT2D eigenvalue weighted by molar-refractivity contribution is -0.129. The van der Waals surface area contributed by atoms with E-state index in [1.165, 1.54) is 0 Å². The number of carbonyl (C=O) groups is 3. The van der Waals surface area contributed by atoms with E-state index in [0.29, 0.717) is 50.9 Å². The SMILES string of the molecule is NCCCNC(=O)[C@@H](Cc1ccc2ccccc2c1)NC(=O)CCCCN1C(=O)c2ccccc2/C=C\c2ccccc21. The summed E-state index contributed by atoms with van der Waals surface area (Å²) >= 11 is 0. The summed E-state index contributed by atoms with van der Waals surface area (Å²) in [4.78, 5) is 41.6. The second kappa shape index (κ2) is 14.4. The van der Waals surface area contributed by atoms with Crippen molar-refractivity contribution in [1.29, 1.82) is 0 Å². The van der Waals surface area contributed by atoms with Gasteiger partial charge in [-0.1, -0.05) is 91.0 Å². The van der Waals surface area contributed by atoms with Crippen LogP contribution in [0.3, 0.4) is 0 Å². The highest BCUT2D eigenvalue weighted by Crippen LogP contribution is 2.29. The molecular formula is C36H38N4O3. The number of hydrogen-bond donors (Lipinski definition) is 3. The first kappa shape index (κ1) is 29.7.